The standard InChI is InChI=1S/C14H13FN2O2S2/c1-9-3-2-4-11(7-9)21(18,19)17-10-5-6-13(15)12(8-10)14(16)20/h2-8,17H,1H3,(H2,16,20). The molecule has 2 rings (SSSR count). The second kappa shape index (κ2) is 5.79. The Morgan fingerprint density at radius 1 is 1.24 bits per heavy atom. The number of hydrogen-bond acceptors (Lipinski definition) is 3. The van der Waals surface area contributed by atoms with Crippen LogP contribution in [0.15, 0.2) is 47.4 Å². The number of benzene rings is 2. The molecule has 0 spiro atoms. The molecule has 2 aromatic carbocycles. The van der Waals surface area contributed by atoms with Crippen LogP contribution in [0.3, 0.4) is 0 Å². The third-order valence-corrected chi connectivity index (χ3v) is 4.38. The third-order valence-electron chi connectivity index (χ3n) is 2.78. The normalized spacial score (nSPS) is 11.1. The van der Waals surface area contributed by atoms with Gasteiger partial charge in [-0.25, -0.2) is 12.8 Å². The lowest BCUT2D eigenvalue weighted by Crippen LogP contribution is -2.15. The van der Waals surface area contributed by atoms with Gasteiger partial charge in [-0.05, 0) is 42.8 Å². The first-order valence-electron chi connectivity index (χ1n) is 5.98. The SMILES string of the molecule is Cc1cccc(S(=O)(=O)Nc2ccc(F)c(C(N)=S)c2)c1. The van der Waals surface area contributed by atoms with Crippen LogP contribution in [0, 0.1) is 12.7 Å². The van der Waals surface area contributed by atoms with E-state index in [4.69, 9.17) is 18.0 Å². The van der Waals surface area contributed by atoms with E-state index in [1.165, 1.54) is 18.2 Å². The van der Waals surface area contributed by atoms with Gasteiger partial charge in [0.1, 0.15) is 10.8 Å². The summed E-state index contributed by atoms with van der Waals surface area (Å²) >= 11 is 4.72. The maximum absolute atomic E-state index is 13.5. The molecule has 0 aliphatic rings. The smallest absolute Gasteiger partial charge is 0.261 e. The molecule has 0 atom stereocenters. The number of nitrogens with two attached hydrogens (primary N) is 1. The highest BCUT2D eigenvalue weighted by molar-refractivity contribution is 7.92. The Hall–Kier alpha value is -1.99. The highest BCUT2D eigenvalue weighted by Crippen LogP contribution is 2.19. The van der Waals surface area contributed by atoms with Crippen LogP contribution in [0.1, 0.15) is 11.1 Å². The Labute approximate surface area is 127 Å². The second-order valence-corrected chi connectivity index (χ2v) is 6.60. The Morgan fingerprint density at radius 2 is 1.95 bits per heavy atom. The van der Waals surface area contributed by atoms with Crippen molar-refractivity contribution in [2.24, 2.45) is 5.73 Å². The number of anilines is 1. The lowest BCUT2D eigenvalue weighted by atomic mass is 10.2. The number of halogens is 1. The topological polar surface area (TPSA) is 72.2 Å². The zero-order valence-electron chi connectivity index (χ0n) is 11.1. The molecule has 3 N–H and O–H groups in total. The van der Waals surface area contributed by atoms with Gasteiger partial charge >= 0.3 is 0 Å². The predicted molar refractivity (Wildman–Crippen MR) is 84.3 cm³/mol. The second-order valence-electron chi connectivity index (χ2n) is 4.48. The molecule has 0 aliphatic carbocycles. The summed E-state index contributed by atoms with van der Waals surface area (Å²) in [6, 6.07) is 10.2. The maximum Gasteiger partial charge on any atom is 0.261 e. The average molecular weight is 324 g/mol. The predicted octanol–water partition coefficient (Wildman–Crippen LogP) is 2.57. The van der Waals surface area contributed by atoms with E-state index in [1.807, 2.05) is 0 Å². The lowest BCUT2D eigenvalue weighted by Gasteiger charge is -2.10. The Kier molecular flexibility index (Phi) is 4.24. The summed E-state index contributed by atoms with van der Waals surface area (Å²) in [5.74, 6) is -0.596. The largest absolute Gasteiger partial charge is 0.389 e. The molecule has 7 heteroatoms. The number of nitrogens with one attached hydrogen (secondary N) is 1. The zero-order valence-corrected chi connectivity index (χ0v) is 12.8. The monoisotopic (exact) mass is 324 g/mol. The van der Waals surface area contributed by atoms with Gasteiger partial charge in [0.25, 0.3) is 10.0 Å². The minimum Gasteiger partial charge on any atom is -0.389 e. The van der Waals surface area contributed by atoms with E-state index >= 15 is 0 Å². The lowest BCUT2D eigenvalue weighted by molar-refractivity contribution is 0.601. The van der Waals surface area contributed by atoms with Crippen LogP contribution in [0.25, 0.3) is 0 Å². The Balaban J connectivity index is 2.37. The fraction of sp³-hybridized carbons (Fsp3) is 0.0714. The molecule has 4 nitrogen and oxygen atoms in total. The van der Waals surface area contributed by atoms with Gasteiger partial charge in [-0.3, -0.25) is 4.72 Å². The van der Waals surface area contributed by atoms with Gasteiger partial charge in [0.15, 0.2) is 0 Å². The molecule has 0 aromatic heterocycles. The minimum absolute atomic E-state index is 0.00515. The van der Waals surface area contributed by atoms with E-state index < -0.39 is 15.8 Å². The molecule has 110 valence electrons. The molecule has 0 unspecified atom stereocenters. The van der Waals surface area contributed by atoms with Crippen LogP contribution in [0.5, 0.6) is 0 Å². The molecule has 0 radical (unpaired) electrons. The first-order valence-corrected chi connectivity index (χ1v) is 7.87. The van der Waals surface area contributed by atoms with Gasteiger partial charge in [-0.15, -0.1) is 0 Å². The molecular weight excluding hydrogens is 311 g/mol. The molecule has 0 aliphatic heterocycles. The van der Waals surface area contributed by atoms with Gasteiger partial charge in [0.05, 0.1) is 4.90 Å². The van der Waals surface area contributed by atoms with Crippen molar-refractivity contribution in [2.45, 2.75) is 11.8 Å². The number of rotatable bonds is 4. The number of aryl methyl sites for hydroxylation is 1. The Bertz CT molecular complexity index is 804. The van der Waals surface area contributed by atoms with Gasteiger partial charge in [0.2, 0.25) is 0 Å². The molecule has 0 heterocycles. The summed E-state index contributed by atoms with van der Waals surface area (Å²) in [5, 5.41) is 0. The van der Waals surface area contributed by atoms with E-state index in [0.29, 0.717) is 0 Å². The molecule has 21 heavy (non-hydrogen) atoms. The van der Waals surface area contributed by atoms with Crippen LogP contribution in [-0.2, 0) is 10.0 Å². The van der Waals surface area contributed by atoms with E-state index in [9.17, 15) is 12.8 Å². The highest BCUT2D eigenvalue weighted by atomic mass is 32.2. The van der Waals surface area contributed by atoms with E-state index in [0.717, 1.165) is 11.6 Å². The first-order chi connectivity index (χ1) is 9.79. The number of sulfonamides is 1. The number of thiocarbonyl (C=S) groups is 1. The van der Waals surface area contributed by atoms with Gasteiger partial charge < -0.3 is 5.73 Å². The third kappa shape index (κ3) is 3.56. The van der Waals surface area contributed by atoms with Crippen molar-refractivity contribution in [1.82, 2.24) is 0 Å². The van der Waals surface area contributed by atoms with Crippen LogP contribution in [0.2, 0.25) is 0 Å². The quantitative estimate of drug-likeness (QED) is 0.848. The molecule has 2 aromatic rings. The summed E-state index contributed by atoms with van der Waals surface area (Å²) in [6.07, 6.45) is 0. The van der Waals surface area contributed by atoms with E-state index in [-0.39, 0.29) is 21.1 Å². The fourth-order valence-electron chi connectivity index (χ4n) is 1.77. The van der Waals surface area contributed by atoms with Crippen molar-refractivity contribution < 1.29 is 12.8 Å². The van der Waals surface area contributed by atoms with Crippen molar-refractivity contribution in [3.05, 3.63) is 59.4 Å². The van der Waals surface area contributed by atoms with Crippen molar-refractivity contribution in [3.63, 3.8) is 0 Å². The molecule has 0 bridgehead atoms. The fourth-order valence-corrected chi connectivity index (χ4v) is 3.08. The Morgan fingerprint density at radius 3 is 2.57 bits per heavy atom. The van der Waals surface area contributed by atoms with Crippen molar-refractivity contribution >= 4 is 32.9 Å². The minimum atomic E-state index is -3.75. The first kappa shape index (κ1) is 15.4. The number of hydrogen-bond donors (Lipinski definition) is 2. The van der Waals surface area contributed by atoms with Crippen LogP contribution in [-0.4, -0.2) is 13.4 Å². The van der Waals surface area contributed by atoms with E-state index in [2.05, 4.69) is 4.72 Å². The van der Waals surface area contributed by atoms with Crippen LogP contribution < -0.4 is 10.5 Å². The van der Waals surface area contributed by atoms with Gasteiger partial charge in [-0.1, -0.05) is 24.4 Å². The van der Waals surface area contributed by atoms with Crippen LogP contribution in [0.4, 0.5) is 10.1 Å². The van der Waals surface area contributed by atoms with Crippen molar-refractivity contribution in [1.29, 1.82) is 0 Å². The average Bonchev–Trinajstić information content (AvgIpc) is 2.40. The molecular formula is C14H13FN2O2S2. The highest BCUT2D eigenvalue weighted by Gasteiger charge is 2.15. The van der Waals surface area contributed by atoms with Gasteiger partial charge in [0, 0.05) is 11.3 Å². The summed E-state index contributed by atoms with van der Waals surface area (Å²) in [5.41, 5.74) is 6.40. The summed E-state index contributed by atoms with van der Waals surface area (Å²) in [4.78, 5) is -0.00666. The summed E-state index contributed by atoms with van der Waals surface area (Å²) in [6.45, 7) is 1.79. The maximum atomic E-state index is 13.5. The molecule has 0 fully saturated rings. The summed E-state index contributed by atoms with van der Waals surface area (Å²) < 4.78 is 40.4. The molecule has 0 amide bonds. The summed E-state index contributed by atoms with van der Waals surface area (Å²) in [7, 11) is -3.75. The molecule has 0 saturated heterocycles. The van der Waals surface area contributed by atoms with Crippen LogP contribution >= 0.6 is 12.2 Å². The van der Waals surface area contributed by atoms with Gasteiger partial charge in [-0.2, -0.15) is 0 Å². The van der Waals surface area contributed by atoms with E-state index in [1.54, 1.807) is 25.1 Å². The van der Waals surface area contributed by atoms with Crippen molar-refractivity contribution in [3.8, 4) is 0 Å². The molecule has 0 saturated carbocycles. The zero-order chi connectivity index (χ0) is 15.6. The van der Waals surface area contributed by atoms with Crippen molar-refractivity contribution in [2.75, 3.05) is 4.72 Å².